The Morgan fingerprint density at radius 2 is 2.24 bits per heavy atom. The molecule has 1 aromatic carbocycles. The topological polar surface area (TPSA) is 47.6 Å². The molecular weight excluding hydrogens is 218 g/mol. The third-order valence-corrected chi connectivity index (χ3v) is 2.72. The van der Waals surface area contributed by atoms with Gasteiger partial charge in [0.1, 0.15) is 0 Å². The Morgan fingerprint density at radius 1 is 1.47 bits per heavy atom. The van der Waals surface area contributed by atoms with Gasteiger partial charge in [-0.2, -0.15) is 0 Å². The SMILES string of the molecule is CCOC(=O)c1ccc([C@H]2CNCCO2)cc1. The van der Waals surface area contributed by atoms with Crippen LogP contribution in [0, 0.1) is 0 Å². The Kier molecular flexibility index (Phi) is 4.12. The van der Waals surface area contributed by atoms with E-state index in [0.29, 0.717) is 12.2 Å². The Labute approximate surface area is 101 Å². The number of hydrogen-bond donors (Lipinski definition) is 1. The van der Waals surface area contributed by atoms with Crippen LogP contribution in [0.5, 0.6) is 0 Å². The molecule has 0 unspecified atom stereocenters. The highest BCUT2D eigenvalue weighted by Gasteiger charge is 2.16. The van der Waals surface area contributed by atoms with Gasteiger partial charge in [-0.25, -0.2) is 4.79 Å². The van der Waals surface area contributed by atoms with Gasteiger partial charge in [-0.1, -0.05) is 12.1 Å². The van der Waals surface area contributed by atoms with Gasteiger partial charge in [-0.3, -0.25) is 0 Å². The molecule has 0 amide bonds. The second-order valence-corrected chi connectivity index (χ2v) is 3.91. The van der Waals surface area contributed by atoms with E-state index in [1.165, 1.54) is 0 Å². The molecule has 1 aromatic rings. The lowest BCUT2D eigenvalue weighted by Gasteiger charge is -2.23. The fourth-order valence-electron chi connectivity index (χ4n) is 1.83. The van der Waals surface area contributed by atoms with Gasteiger partial charge in [0.15, 0.2) is 0 Å². The average molecular weight is 235 g/mol. The summed E-state index contributed by atoms with van der Waals surface area (Å²) in [6, 6.07) is 7.41. The molecule has 92 valence electrons. The quantitative estimate of drug-likeness (QED) is 0.807. The third-order valence-electron chi connectivity index (χ3n) is 2.72. The first kappa shape index (κ1) is 12.1. The van der Waals surface area contributed by atoms with Crippen molar-refractivity contribution in [3.05, 3.63) is 35.4 Å². The van der Waals surface area contributed by atoms with E-state index in [1.54, 1.807) is 19.1 Å². The summed E-state index contributed by atoms with van der Waals surface area (Å²) in [5.74, 6) is -0.276. The maximum atomic E-state index is 11.5. The molecule has 0 radical (unpaired) electrons. The van der Waals surface area contributed by atoms with Crippen molar-refractivity contribution in [2.45, 2.75) is 13.0 Å². The first-order valence-corrected chi connectivity index (χ1v) is 5.90. The lowest BCUT2D eigenvalue weighted by Crippen LogP contribution is -2.33. The van der Waals surface area contributed by atoms with E-state index in [0.717, 1.165) is 25.3 Å². The smallest absolute Gasteiger partial charge is 0.338 e. The Hall–Kier alpha value is -1.39. The summed E-state index contributed by atoms with van der Waals surface area (Å²) in [5, 5.41) is 3.27. The number of ether oxygens (including phenoxy) is 2. The van der Waals surface area contributed by atoms with Crippen molar-refractivity contribution in [1.82, 2.24) is 5.32 Å². The fraction of sp³-hybridized carbons (Fsp3) is 0.462. The number of rotatable bonds is 3. The molecule has 1 saturated heterocycles. The van der Waals surface area contributed by atoms with Gasteiger partial charge in [-0.15, -0.1) is 0 Å². The molecule has 1 N–H and O–H groups in total. The molecular formula is C13H17NO3. The van der Waals surface area contributed by atoms with Crippen LogP contribution in [0.2, 0.25) is 0 Å². The van der Waals surface area contributed by atoms with Crippen LogP contribution in [0.4, 0.5) is 0 Å². The van der Waals surface area contributed by atoms with Crippen molar-refractivity contribution in [3.8, 4) is 0 Å². The molecule has 0 aromatic heterocycles. The Bertz CT molecular complexity index is 369. The highest BCUT2D eigenvalue weighted by molar-refractivity contribution is 5.89. The number of nitrogens with one attached hydrogen (secondary N) is 1. The molecule has 1 aliphatic heterocycles. The first-order chi connectivity index (χ1) is 8.31. The van der Waals surface area contributed by atoms with E-state index < -0.39 is 0 Å². The second kappa shape index (κ2) is 5.80. The monoisotopic (exact) mass is 235 g/mol. The van der Waals surface area contributed by atoms with Gasteiger partial charge < -0.3 is 14.8 Å². The molecule has 1 atom stereocenters. The van der Waals surface area contributed by atoms with Crippen LogP contribution in [-0.4, -0.2) is 32.3 Å². The zero-order valence-electron chi connectivity index (χ0n) is 9.94. The molecule has 1 heterocycles. The number of esters is 1. The van der Waals surface area contributed by atoms with E-state index in [2.05, 4.69) is 5.32 Å². The minimum Gasteiger partial charge on any atom is -0.462 e. The molecule has 0 bridgehead atoms. The predicted octanol–water partition coefficient (Wildman–Crippen LogP) is 1.52. The molecule has 4 nitrogen and oxygen atoms in total. The van der Waals surface area contributed by atoms with E-state index in [-0.39, 0.29) is 12.1 Å². The normalized spacial score (nSPS) is 19.9. The maximum Gasteiger partial charge on any atom is 0.338 e. The van der Waals surface area contributed by atoms with Crippen LogP contribution in [0.15, 0.2) is 24.3 Å². The lowest BCUT2D eigenvalue weighted by atomic mass is 10.1. The van der Waals surface area contributed by atoms with Crippen molar-refractivity contribution in [2.24, 2.45) is 0 Å². The summed E-state index contributed by atoms with van der Waals surface area (Å²) in [6.45, 7) is 4.64. The van der Waals surface area contributed by atoms with Crippen molar-refractivity contribution in [2.75, 3.05) is 26.3 Å². The molecule has 0 aliphatic carbocycles. The third kappa shape index (κ3) is 3.05. The number of hydrogen-bond acceptors (Lipinski definition) is 4. The maximum absolute atomic E-state index is 11.5. The van der Waals surface area contributed by atoms with Crippen LogP contribution < -0.4 is 5.32 Å². The highest BCUT2D eigenvalue weighted by atomic mass is 16.5. The number of carbonyl (C=O) groups excluding carboxylic acids is 1. The van der Waals surface area contributed by atoms with Gasteiger partial charge in [-0.05, 0) is 24.6 Å². The standard InChI is InChI=1S/C13H17NO3/c1-2-16-13(15)11-5-3-10(4-6-11)12-9-14-7-8-17-12/h3-6,12,14H,2,7-9H2,1H3/t12-/m1/s1. The molecule has 17 heavy (non-hydrogen) atoms. The van der Waals surface area contributed by atoms with E-state index in [4.69, 9.17) is 9.47 Å². The summed E-state index contributed by atoms with van der Waals surface area (Å²) in [5.41, 5.74) is 1.67. The number of benzene rings is 1. The Morgan fingerprint density at radius 3 is 2.82 bits per heavy atom. The van der Waals surface area contributed by atoms with Crippen LogP contribution in [-0.2, 0) is 9.47 Å². The lowest BCUT2D eigenvalue weighted by molar-refractivity contribution is 0.0276. The zero-order chi connectivity index (χ0) is 12.1. The van der Waals surface area contributed by atoms with Crippen LogP contribution >= 0.6 is 0 Å². The van der Waals surface area contributed by atoms with Gasteiger partial charge >= 0.3 is 5.97 Å². The predicted molar refractivity (Wildman–Crippen MR) is 64.0 cm³/mol. The van der Waals surface area contributed by atoms with Gasteiger partial charge in [0.25, 0.3) is 0 Å². The second-order valence-electron chi connectivity index (χ2n) is 3.91. The fourth-order valence-corrected chi connectivity index (χ4v) is 1.83. The molecule has 1 aliphatic rings. The molecule has 0 saturated carbocycles. The van der Waals surface area contributed by atoms with E-state index >= 15 is 0 Å². The van der Waals surface area contributed by atoms with Crippen molar-refractivity contribution in [3.63, 3.8) is 0 Å². The Balaban J connectivity index is 2.04. The number of morpholine rings is 1. The van der Waals surface area contributed by atoms with Crippen molar-refractivity contribution >= 4 is 5.97 Å². The summed E-state index contributed by atoms with van der Waals surface area (Å²) < 4.78 is 10.6. The average Bonchev–Trinajstić information content (AvgIpc) is 2.40. The summed E-state index contributed by atoms with van der Waals surface area (Å²) in [6.07, 6.45) is 0.0833. The van der Waals surface area contributed by atoms with Crippen LogP contribution in [0.1, 0.15) is 28.9 Å². The van der Waals surface area contributed by atoms with Crippen molar-refractivity contribution < 1.29 is 14.3 Å². The van der Waals surface area contributed by atoms with Gasteiger partial charge in [0, 0.05) is 13.1 Å². The minimum absolute atomic E-state index is 0.0833. The van der Waals surface area contributed by atoms with Gasteiger partial charge in [0.2, 0.25) is 0 Å². The molecule has 4 heteroatoms. The van der Waals surface area contributed by atoms with E-state index in [1.807, 2.05) is 12.1 Å². The number of carbonyl (C=O) groups is 1. The van der Waals surface area contributed by atoms with E-state index in [9.17, 15) is 4.79 Å². The zero-order valence-corrected chi connectivity index (χ0v) is 9.94. The molecule has 0 spiro atoms. The largest absolute Gasteiger partial charge is 0.462 e. The summed E-state index contributed by atoms with van der Waals surface area (Å²) >= 11 is 0. The summed E-state index contributed by atoms with van der Waals surface area (Å²) in [4.78, 5) is 11.5. The minimum atomic E-state index is -0.276. The summed E-state index contributed by atoms with van der Waals surface area (Å²) in [7, 11) is 0. The van der Waals surface area contributed by atoms with Crippen LogP contribution in [0.3, 0.4) is 0 Å². The van der Waals surface area contributed by atoms with Gasteiger partial charge in [0.05, 0.1) is 24.9 Å². The molecule has 1 fully saturated rings. The highest BCUT2D eigenvalue weighted by Crippen LogP contribution is 2.19. The first-order valence-electron chi connectivity index (χ1n) is 5.90. The molecule has 2 rings (SSSR count). The van der Waals surface area contributed by atoms with Crippen LogP contribution in [0.25, 0.3) is 0 Å². The van der Waals surface area contributed by atoms with Crippen molar-refractivity contribution in [1.29, 1.82) is 0 Å².